The number of aromatic nitrogens is 1. The third kappa shape index (κ3) is 5.94. The largest absolute Gasteiger partial charge is 0.451 e. The molecule has 38 heavy (non-hydrogen) atoms. The van der Waals surface area contributed by atoms with Crippen LogP contribution in [-0.4, -0.2) is 60.0 Å². The minimum Gasteiger partial charge on any atom is -0.451 e. The minimum absolute atomic E-state index is 0.0736. The molecular weight excluding hydrogens is 508 g/mol. The van der Waals surface area contributed by atoms with Gasteiger partial charge in [0, 0.05) is 18.1 Å². The monoisotopic (exact) mass is 540 g/mol. The fourth-order valence-corrected chi connectivity index (χ4v) is 6.18. The van der Waals surface area contributed by atoms with Crippen LogP contribution in [0.25, 0.3) is 11.0 Å². The van der Waals surface area contributed by atoms with Crippen LogP contribution < -0.4 is 10.6 Å². The molecule has 0 radical (unpaired) electrons. The van der Waals surface area contributed by atoms with Crippen LogP contribution in [0.1, 0.15) is 50.6 Å². The van der Waals surface area contributed by atoms with Gasteiger partial charge in [0.2, 0.25) is 5.91 Å². The van der Waals surface area contributed by atoms with Crippen LogP contribution in [0.5, 0.6) is 0 Å². The van der Waals surface area contributed by atoms with Gasteiger partial charge in [-0.1, -0.05) is 38.1 Å². The van der Waals surface area contributed by atoms with Crippen molar-refractivity contribution in [1.29, 1.82) is 0 Å². The predicted octanol–water partition coefficient (Wildman–Crippen LogP) is 2.90. The third-order valence-electron chi connectivity index (χ3n) is 6.56. The Morgan fingerprint density at radius 1 is 1.16 bits per heavy atom. The second kappa shape index (κ2) is 11.4. The highest BCUT2D eigenvalue weighted by molar-refractivity contribution is 7.89. The summed E-state index contributed by atoms with van der Waals surface area (Å²) in [6.07, 6.45) is 2.37. The molecule has 3 atom stereocenters. The lowest BCUT2D eigenvalue weighted by Gasteiger charge is -2.27. The van der Waals surface area contributed by atoms with Gasteiger partial charge in [-0.05, 0) is 56.4 Å². The molecular formula is C27H32N4O6S. The van der Waals surface area contributed by atoms with Gasteiger partial charge in [-0.25, -0.2) is 13.4 Å². The van der Waals surface area contributed by atoms with Crippen LogP contribution in [0.15, 0.2) is 64.2 Å². The number of rotatable bonds is 8. The lowest BCUT2D eigenvalue weighted by atomic mass is 10.00. The van der Waals surface area contributed by atoms with Crippen molar-refractivity contribution in [2.45, 2.75) is 63.2 Å². The summed E-state index contributed by atoms with van der Waals surface area (Å²) < 4.78 is 33.1. The van der Waals surface area contributed by atoms with E-state index in [1.807, 2.05) is 26.0 Å². The van der Waals surface area contributed by atoms with E-state index in [9.17, 15) is 22.8 Å². The Labute approximate surface area is 221 Å². The zero-order valence-electron chi connectivity index (χ0n) is 21.6. The van der Waals surface area contributed by atoms with E-state index in [1.54, 1.807) is 30.3 Å². The molecule has 2 amide bonds. The van der Waals surface area contributed by atoms with Crippen molar-refractivity contribution in [2.75, 3.05) is 6.54 Å². The number of benzene rings is 1. The summed E-state index contributed by atoms with van der Waals surface area (Å²) in [7, 11) is -3.99. The van der Waals surface area contributed by atoms with E-state index in [0.717, 1.165) is 9.69 Å². The van der Waals surface area contributed by atoms with E-state index in [1.165, 1.54) is 19.2 Å². The Balaban J connectivity index is 1.47. The number of ketones is 1. The van der Waals surface area contributed by atoms with Crippen molar-refractivity contribution in [3.63, 3.8) is 0 Å². The summed E-state index contributed by atoms with van der Waals surface area (Å²) in [5.74, 6) is -1.29. The van der Waals surface area contributed by atoms with Gasteiger partial charge >= 0.3 is 0 Å². The standard InChI is InChI=1S/C27H32N4O6S/c1-17(2)15-21(30-27(34)23-16-19-9-4-5-11-22(19)37-23)26(33)29-20-10-8-14-31(18(3)25(20)32)38(35,36)24-12-6-7-13-28-24/h4-7,9,11-13,16-18,20-21H,8,10,14-15H2,1-3H3,(H,29,33)(H,30,34)/t18-,20+,21+/m1/s1. The summed E-state index contributed by atoms with van der Waals surface area (Å²) >= 11 is 0. The maximum Gasteiger partial charge on any atom is 0.287 e. The van der Waals surface area contributed by atoms with Crippen LogP contribution in [-0.2, 0) is 19.6 Å². The van der Waals surface area contributed by atoms with E-state index < -0.39 is 45.7 Å². The average molecular weight is 541 g/mol. The topological polar surface area (TPSA) is 139 Å². The highest BCUT2D eigenvalue weighted by Crippen LogP contribution is 2.23. The van der Waals surface area contributed by atoms with Crippen molar-refractivity contribution in [3.8, 4) is 0 Å². The average Bonchev–Trinajstić information content (AvgIpc) is 3.28. The van der Waals surface area contributed by atoms with Crippen LogP contribution in [0.2, 0.25) is 0 Å². The third-order valence-corrected chi connectivity index (χ3v) is 8.45. The minimum atomic E-state index is -3.99. The van der Waals surface area contributed by atoms with Crippen molar-refractivity contribution >= 4 is 38.6 Å². The summed E-state index contributed by atoms with van der Waals surface area (Å²) in [6.45, 7) is 5.48. The first-order chi connectivity index (χ1) is 18.1. The van der Waals surface area contributed by atoms with Crippen molar-refractivity contribution in [2.24, 2.45) is 5.92 Å². The van der Waals surface area contributed by atoms with Gasteiger partial charge in [0.15, 0.2) is 16.6 Å². The number of nitrogens with zero attached hydrogens (tertiary/aromatic N) is 2. The Morgan fingerprint density at radius 2 is 1.89 bits per heavy atom. The number of sulfonamides is 1. The molecule has 11 heteroatoms. The van der Waals surface area contributed by atoms with Gasteiger partial charge < -0.3 is 15.1 Å². The molecule has 2 aromatic heterocycles. The number of pyridine rings is 1. The zero-order chi connectivity index (χ0) is 27.4. The fourth-order valence-electron chi connectivity index (χ4n) is 4.61. The number of hydrogen-bond acceptors (Lipinski definition) is 7. The molecule has 1 aromatic carbocycles. The number of Topliss-reactive ketones (excluding diaryl/α,β-unsaturated/α-hetero) is 1. The molecule has 4 rings (SSSR count). The lowest BCUT2D eigenvalue weighted by Crippen LogP contribution is -2.54. The van der Waals surface area contributed by atoms with Gasteiger partial charge in [-0.2, -0.15) is 4.31 Å². The van der Waals surface area contributed by atoms with E-state index in [-0.39, 0.29) is 29.7 Å². The number of carbonyl (C=O) groups excluding carboxylic acids is 3. The molecule has 0 spiro atoms. The Bertz CT molecular complexity index is 1390. The Morgan fingerprint density at radius 3 is 2.58 bits per heavy atom. The molecule has 0 aliphatic carbocycles. The Hall–Kier alpha value is -3.57. The van der Waals surface area contributed by atoms with Crippen LogP contribution in [0.3, 0.4) is 0 Å². The van der Waals surface area contributed by atoms with E-state index in [0.29, 0.717) is 18.4 Å². The van der Waals surface area contributed by atoms with Crippen LogP contribution >= 0.6 is 0 Å². The van der Waals surface area contributed by atoms with E-state index >= 15 is 0 Å². The number of hydrogen-bond donors (Lipinski definition) is 2. The van der Waals surface area contributed by atoms with E-state index in [2.05, 4.69) is 15.6 Å². The quantitative estimate of drug-likeness (QED) is 0.448. The molecule has 0 bridgehead atoms. The molecule has 1 aliphatic heterocycles. The first-order valence-electron chi connectivity index (χ1n) is 12.6. The van der Waals surface area contributed by atoms with Gasteiger partial charge in [0.1, 0.15) is 11.6 Å². The number of fused-ring (bicyclic) bond motifs is 1. The number of nitrogens with one attached hydrogen (secondary N) is 2. The highest BCUT2D eigenvalue weighted by Gasteiger charge is 2.40. The fraction of sp³-hybridized carbons (Fsp3) is 0.407. The van der Waals surface area contributed by atoms with Gasteiger partial charge in [-0.3, -0.25) is 14.4 Å². The van der Waals surface area contributed by atoms with Crippen LogP contribution in [0, 0.1) is 5.92 Å². The van der Waals surface area contributed by atoms with Crippen molar-refractivity contribution in [3.05, 3.63) is 60.5 Å². The molecule has 0 unspecified atom stereocenters. The van der Waals surface area contributed by atoms with Gasteiger partial charge in [0.05, 0.1) is 12.1 Å². The number of para-hydroxylation sites is 1. The lowest BCUT2D eigenvalue weighted by molar-refractivity contribution is -0.130. The molecule has 10 nitrogen and oxygen atoms in total. The molecule has 0 saturated carbocycles. The summed E-state index contributed by atoms with van der Waals surface area (Å²) in [5.41, 5.74) is 0.561. The summed E-state index contributed by atoms with van der Waals surface area (Å²) in [6, 6.07) is 10.6. The highest BCUT2D eigenvalue weighted by atomic mass is 32.2. The molecule has 1 saturated heterocycles. The smallest absolute Gasteiger partial charge is 0.287 e. The zero-order valence-corrected chi connectivity index (χ0v) is 22.4. The van der Waals surface area contributed by atoms with Gasteiger partial charge in [0.25, 0.3) is 15.9 Å². The van der Waals surface area contributed by atoms with Crippen molar-refractivity contribution in [1.82, 2.24) is 19.9 Å². The first kappa shape index (κ1) is 27.5. The van der Waals surface area contributed by atoms with Crippen LogP contribution in [0.4, 0.5) is 0 Å². The van der Waals surface area contributed by atoms with E-state index in [4.69, 9.17) is 4.42 Å². The number of amides is 2. The normalized spacial score (nSPS) is 19.7. The predicted molar refractivity (Wildman–Crippen MR) is 141 cm³/mol. The number of carbonyl (C=O) groups is 3. The molecule has 1 fully saturated rings. The molecule has 3 heterocycles. The SMILES string of the molecule is CC(C)C[C@H](NC(=O)c1cc2ccccc2o1)C(=O)N[C@H]1CCCN(S(=O)(=O)c2ccccn2)[C@H](C)C1=O. The second-order valence-electron chi connectivity index (χ2n) is 9.87. The number of furan rings is 1. The first-order valence-corrected chi connectivity index (χ1v) is 14.1. The maximum absolute atomic E-state index is 13.3. The Kier molecular flexibility index (Phi) is 8.27. The second-order valence-corrected chi connectivity index (χ2v) is 11.7. The van der Waals surface area contributed by atoms with Gasteiger partial charge in [-0.15, -0.1) is 0 Å². The molecule has 202 valence electrons. The molecule has 1 aliphatic rings. The maximum atomic E-state index is 13.3. The molecule has 3 aromatic rings. The van der Waals surface area contributed by atoms with Crippen molar-refractivity contribution < 1.29 is 27.2 Å². The molecule has 2 N–H and O–H groups in total. The summed E-state index contributed by atoms with van der Waals surface area (Å²) in [4.78, 5) is 43.5. The summed E-state index contributed by atoms with van der Waals surface area (Å²) in [5, 5.41) is 6.15.